The van der Waals surface area contributed by atoms with Crippen molar-refractivity contribution in [3.63, 3.8) is 0 Å². The van der Waals surface area contributed by atoms with E-state index in [1.807, 2.05) is 0 Å². The van der Waals surface area contributed by atoms with Gasteiger partial charge in [0.2, 0.25) is 5.91 Å². The molecule has 0 aromatic rings. The molecule has 12 heavy (non-hydrogen) atoms. The Labute approximate surface area is 74.9 Å². The molecule has 0 aliphatic carbocycles. The molecule has 3 nitrogen and oxygen atoms in total. The molecule has 1 aliphatic rings. The van der Waals surface area contributed by atoms with Crippen molar-refractivity contribution in [3.05, 3.63) is 0 Å². The summed E-state index contributed by atoms with van der Waals surface area (Å²) in [5.41, 5.74) is 0.0400. The standard InChI is InChI=1S/C8H17BN2O/c1-7(12)10-8(2)3-5-11(9)6-4-8/h3-6,9H2,1-2H3,(H,10,12). The molecule has 0 saturated carbocycles. The third-order valence-electron chi connectivity index (χ3n) is 2.57. The molecule has 0 spiro atoms. The molecular formula is C8H17BN2O. The van der Waals surface area contributed by atoms with E-state index in [1.54, 1.807) is 6.92 Å². The average molecular weight is 168 g/mol. The summed E-state index contributed by atoms with van der Waals surface area (Å²) < 4.78 is 0. The highest BCUT2D eigenvalue weighted by atomic mass is 16.1. The van der Waals surface area contributed by atoms with Crippen LogP contribution < -0.4 is 5.32 Å². The SMILES string of the molecule is BN1CCC(C)(NC(C)=O)CC1. The topological polar surface area (TPSA) is 32.3 Å². The van der Waals surface area contributed by atoms with Crippen LogP contribution in [0, 0.1) is 0 Å². The van der Waals surface area contributed by atoms with Crippen LogP contribution in [-0.4, -0.2) is 37.3 Å². The molecule has 1 heterocycles. The van der Waals surface area contributed by atoms with E-state index in [9.17, 15) is 4.79 Å². The lowest BCUT2D eigenvalue weighted by molar-refractivity contribution is -0.121. The summed E-state index contributed by atoms with van der Waals surface area (Å²) in [6.07, 6.45) is 2.12. The van der Waals surface area contributed by atoms with Crippen LogP contribution in [0.5, 0.6) is 0 Å². The highest BCUT2D eigenvalue weighted by molar-refractivity contribution is 6.04. The molecule has 4 heteroatoms. The molecule has 0 radical (unpaired) electrons. The first-order valence-electron chi connectivity index (χ1n) is 4.49. The molecule has 1 rings (SSSR count). The Hall–Kier alpha value is -0.505. The highest BCUT2D eigenvalue weighted by Crippen LogP contribution is 2.19. The van der Waals surface area contributed by atoms with Gasteiger partial charge in [-0.05, 0) is 32.9 Å². The summed E-state index contributed by atoms with van der Waals surface area (Å²) in [5.74, 6) is 0.0852. The zero-order valence-corrected chi connectivity index (χ0v) is 8.18. The first-order valence-corrected chi connectivity index (χ1v) is 4.49. The van der Waals surface area contributed by atoms with Crippen molar-refractivity contribution < 1.29 is 4.79 Å². The number of carbonyl (C=O) groups is 1. The molecule has 68 valence electrons. The minimum atomic E-state index is 0.0400. The maximum absolute atomic E-state index is 10.9. The fourth-order valence-electron chi connectivity index (χ4n) is 1.66. The fraction of sp³-hybridized carbons (Fsp3) is 0.875. The zero-order chi connectivity index (χ0) is 9.19. The van der Waals surface area contributed by atoms with Gasteiger partial charge in [-0.1, -0.05) is 0 Å². The number of rotatable bonds is 1. The van der Waals surface area contributed by atoms with Crippen LogP contribution >= 0.6 is 0 Å². The number of nitrogens with zero attached hydrogens (tertiary/aromatic N) is 1. The molecule has 1 saturated heterocycles. The average Bonchev–Trinajstić information content (AvgIpc) is 1.94. The third-order valence-corrected chi connectivity index (χ3v) is 2.57. The van der Waals surface area contributed by atoms with Crippen molar-refractivity contribution in [2.75, 3.05) is 13.1 Å². The predicted molar refractivity (Wildman–Crippen MR) is 51.6 cm³/mol. The summed E-state index contributed by atoms with van der Waals surface area (Å²) in [5, 5.41) is 3.01. The molecule has 0 aromatic heterocycles. The Morgan fingerprint density at radius 2 is 2.00 bits per heavy atom. The van der Waals surface area contributed by atoms with Gasteiger partial charge in [-0.2, -0.15) is 0 Å². The summed E-state index contributed by atoms with van der Waals surface area (Å²) >= 11 is 0. The van der Waals surface area contributed by atoms with Crippen molar-refractivity contribution in [3.8, 4) is 0 Å². The second kappa shape index (κ2) is 3.48. The van der Waals surface area contributed by atoms with Gasteiger partial charge < -0.3 is 10.1 Å². The van der Waals surface area contributed by atoms with Crippen LogP contribution in [0.25, 0.3) is 0 Å². The van der Waals surface area contributed by atoms with Crippen LogP contribution in [0.1, 0.15) is 26.7 Å². The van der Waals surface area contributed by atoms with E-state index in [-0.39, 0.29) is 11.4 Å². The number of nitrogens with one attached hydrogen (secondary N) is 1. The highest BCUT2D eigenvalue weighted by Gasteiger charge is 2.28. The lowest BCUT2D eigenvalue weighted by Crippen LogP contribution is -2.52. The first-order chi connectivity index (χ1) is 5.52. The fourth-order valence-corrected chi connectivity index (χ4v) is 1.66. The zero-order valence-electron chi connectivity index (χ0n) is 8.18. The van der Waals surface area contributed by atoms with Gasteiger partial charge in [0.25, 0.3) is 0 Å². The molecule has 1 aliphatic heterocycles. The Balaban J connectivity index is 2.44. The third kappa shape index (κ3) is 2.52. The molecular weight excluding hydrogens is 151 g/mol. The van der Waals surface area contributed by atoms with E-state index >= 15 is 0 Å². The second-order valence-electron chi connectivity index (χ2n) is 4.05. The Kier molecular flexibility index (Phi) is 2.78. The molecule has 0 unspecified atom stereocenters. The molecule has 0 aromatic carbocycles. The quantitative estimate of drug-likeness (QED) is 0.536. The lowest BCUT2D eigenvalue weighted by Gasteiger charge is -2.38. The Morgan fingerprint density at radius 3 is 2.42 bits per heavy atom. The smallest absolute Gasteiger partial charge is 0.217 e. The van der Waals surface area contributed by atoms with Gasteiger partial charge in [-0.3, -0.25) is 4.79 Å². The molecule has 0 atom stereocenters. The second-order valence-corrected chi connectivity index (χ2v) is 4.05. The summed E-state index contributed by atoms with van der Waals surface area (Å²) in [6.45, 7) is 5.87. The van der Waals surface area contributed by atoms with E-state index in [0.717, 1.165) is 25.9 Å². The number of carbonyl (C=O) groups excluding carboxylic acids is 1. The van der Waals surface area contributed by atoms with E-state index in [4.69, 9.17) is 0 Å². The van der Waals surface area contributed by atoms with Gasteiger partial charge in [-0.15, -0.1) is 0 Å². The largest absolute Gasteiger partial charge is 0.351 e. The maximum Gasteiger partial charge on any atom is 0.217 e. The summed E-state index contributed by atoms with van der Waals surface area (Å²) in [6, 6.07) is 0. The molecule has 0 bridgehead atoms. The normalized spacial score (nSPS) is 23.5. The van der Waals surface area contributed by atoms with Crippen molar-refractivity contribution in [1.82, 2.24) is 10.1 Å². The van der Waals surface area contributed by atoms with Gasteiger partial charge in [0.05, 0.1) is 0 Å². The van der Waals surface area contributed by atoms with Crippen LogP contribution in [0.4, 0.5) is 0 Å². The number of hydrogen-bond acceptors (Lipinski definition) is 2. The molecule has 1 fully saturated rings. The van der Waals surface area contributed by atoms with Crippen molar-refractivity contribution in [2.45, 2.75) is 32.2 Å². The van der Waals surface area contributed by atoms with Gasteiger partial charge >= 0.3 is 0 Å². The van der Waals surface area contributed by atoms with Crippen molar-refractivity contribution >= 4 is 13.9 Å². The van der Waals surface area contributed by atoms with Gasteiger partial charge in [-0.25, -0.2) is 0 Å². The monoisotopic (exact) mass is 168 g/mol. The van der Waals surface area contributed by atoms with Crippen LogP contribution in [-0.2, 0) is 4.79 Å². The van der Waals surface area contributed by atoms with E-state index in [1.165, 1.54) is 0 Å². The summed E-state index contributed by atoms with van der Waals surface area (Å²) in [4.78, 5) is 13.2. The maximum atomic E-state index is 10.9. The number of amides is 1. The summed E-state index contributed by atoms with van der Waals surface area (Å²) in [7, 11) is 2.12. The molecule has 1 amide bonds. The van der Waals surface area contributed by atoms with E-state index < -0.39 is 0 Å². The number of piperidine rings is 1. The first kappa shape index (κ1) is 9.58. The predicted octanol–water partition coefficient (Wildman–Crippen LogP) is -0.475. The van der Waals surface area contributed by atoms with Gasteiger partial charge in [0.15, 0.2) is 7.98 Å². The molecule has 1 N–H and O–H groups in total. The number of hydrogen-bond donors (Lipinski definition) is 1. The Morgan fingerprint density at radius 1 is 1.50 bits per heavy atom. The Bertz CT molecular complexity index is 176. The van der Waals surface area contributed by atoms with Crippen molar-refractivity contribution in [1.29, 1.82) is 0 Å². The van der Waals surface area contributed by atoms with Crippen LogP contribution in [0.15, 0.2) is 0 Å². The van der Waals surface area contributed by atoms with Crippen molar-refractivity contribution in [2.24, 2.45) is 0 Å². The van der Waals surface area contributed by atoms with Gasteiger partial charge in [0.1, 0.15) is 0 Å². The van der Waals surface area contributed by atoms with Crippen LogP contribution in [0.2, 0.25) is 0 Å². The minimum Gasteiger partial charge on any atom is -0.351 e. The van der Waals surface area contributed by atoms with Crippen LogP contribution in [0.3, 0.4) is 0 Å². The van der Waals surface area contributed by atoms with E-state index in [2.05, 4.69) is 25.0 Å². The van der Waals surface area contributed by atoms with E-state index in [0.29, 0.717) is 0 Å². The minimum absolute atomic E-state index is 0.0400. The van der Waals surface area contributed by atoms with Gasteiger partial charge in [0, 0.05) is 12.5 Å². The lowest BCUT2D eigenvalue weighted by atomic mass is 9.88.